The SMILES string of the molecule is CCOc1ccc(N2C(=O)C[C@@H](N3CCN(c4ccc(F)cc4)CC3)C2=O)cc1. The Labute approximate surface area is 169 Å². The lowest BCUT2D eigenvalue weighted by Gasteiger charge is -2.38. The van der Waals surface area contributed by atoms with E-state index >= 15 is 0 Å². The van der Waals surface area contributed by atoms with Gasteiger partial charge in [0.2, 0.25) is 5.91 Å². The second-order valence-corrected chi connectivity index (χ2v) is 7.21. The van der Waals surface area contributed by atoms with E-state index in [1.807, 2.05) is 6.92 Å². The highest BCUT2D eigenvalue weighted by Gasteiger charge is 2.43. The van der Waals surface area contributed by atoms with Gasteiger partial charge >= 0.3 is 0 Å². The van der Waals surface area contributed by atoms with Crippen LogP contribution in [-0.2, 0) is 9.59 Å². The Morgan fingerprint density at radius 1 is 0.931 bits per heavy atom. The molecule has 2 aromatic carbocycles. The minimum absolute atomic E-state index is 0.172. The van der Waals surface area contributed by atoms with E-state index in [4.69, 9.17) is 4.74 Å². The molecule has 0 unspecified atom stereocenters. The topological polar surface area (TPSA) is 53.1 Å². The molecule has 0 aromatic heterocycles. The van der Waals surface area contributed by atoms with E-state index in [1.54, 1.807) is 36.4 Å². The van der Waals surface area contributed by atoms with Gasteiger partial charge in [0.25, 0.3) is 5.91 Å². The summed E-state index contributed by atoms with van der Waals surface area (Å²) in [5, 5.41) is 0. The Morgan fingerprint density at radius 2 is 1.55 bits per heavy atom. The van der Waals surface area contributed by atoms with Crippen LogP contribution < -0.4 is 14.5 Å². The summed E-state index contributed by atoms with van der Waals surface area (Å²) in [5.74, 6) is 0.111. The third-order valence-electron chi connectivity index (χ3n) is 5.48. The largest absolute Gasteiger partial charge is 0.494 e. The third-order valence-corrected chi connectivity index (χ3v) is 5.48. The van der Waals surface area contributed by atoms with Crippen molar-refractivity contribution in [2.24, 2.45) is 0 Å². The van der Waals surface area contributed by atoms with Crippen LogP contribution in [0.1, 0.15) is 13.3 Å². The molecular weight excluding hydrogens is 373 g/mol. The number of hydrogen-bond donors (Lipinski definition) is 0. The number of anilines is 2. The maximum atomic E-state index is 13.1. The Morgan fingerprint density at radius 3 is 2.17 bits per heavy atom. The van der Waals surface area contributed by atoms with Crippen LogP contribution in [0.5, 0.6) is 5.75 Å². The van der Waals surface area contributed by atoms with Gasteiger partial charge in [-0.15, -0.1) is 0 Å². The monoisotopic (exact) mass is 397 g/mol. The van der Waals surface area contributed by atoms with E-state index in [9.17, 15) is 14.0 Å². The molecule has 0 saturated carbocycles. The molecule has 6 nitrogen and oxygen atoms in total. The average Bonchev–Trinajstić information content (AvgIpc) is 3.04. The quantitative estimate of drug-likeness (QED) is 0.726. The van der Waals surface area contributed by atoms with Crippen molar-refractivity contribution in [2.45, 2.75) is 19.4 Å². The number of hydrogen-bond acceptors (Lipinski definition) is 5. The lowest BCUT2D eigenvalue weighted by molar-refractivity contribution is -0.123. The molecule has 0 spiro atoms. The van der Waals surface area contributed by atoms with Gasteiger partial charge in [-0.1, -0.05) is 0 Å². The highest BCUT2D eigenvalue weighted by atomic mass is 19.1. The van der Waals surface area contributed by atoms with Gasteiger partial charge < -0.3 is 9.64 Å². The predicted molar refractivity (Wildman–Crippen MR) is 109 cm³/mol. The summed E-state index contributed by atoms with van der Waals surface area (Å²) in [6, 6.07) is 13.1. The molecule has 7 heteroatoms. The summed E-state index contributed by atoms with van der Waals surface area (Å²) < 4.78 is 18.6. The summed E-state index contributed by atoms with van der Waals surface area (Å²) in [7, 11) is 0. The number of amides is 2. The smallest absolute Gasteiger partial charge is 0.251 e. The summed E-state index contributed by atoms with van der Waals surface area (Å²) in [6.45, 7) is 5.28. The van der Waals surface area contributed by atoms with Gasteiger partial charge in [0.1, 0.15) is 11.6 Å². The molecule has 29 heavy (non-hydrogen) atoms. The third kappa shape index (κ3) is 3.96. The van der Waals surface area contributed by atoms with Crippen LogP contribution in [0.25, 0.3) is 0 Å². The number of carbonyl (C=O) groups is 2. The van der Waals surface area contributed by atoms with Gasteiger partial charge in [0.15, 0.2) is 0 Å². The number of benzene rings is 2. The zero-order valence-electron chi connectivity index (χ0n) is 16.4. The minimum Gasteiger partial charge on any atom is -0.494 e. The molecule has 0 bridgehead atoms. The van der Waals surface area contributed by atoms with Crippen molar-refractivity contribution >= 4 is 23.2 Å². The van der Waals surface area contributed by atoms with Crippen LogP contribution in [0.3, 0.4) is 0 Å². The zero-order chi connectivity index (χ0) is 20.4. The average molecular weight is 397 g/mol. The normalized spacial score (nSPS) is 20.4. The van der Waals surface area contributed by atoms with Crippen LogP contribution in [-0.4, -0.2) is 55.5 Å². The second kappa shape index (κ2) is 8.21. The van der Waals surface area contributed by atoms with Crippen molar-refractivity contribution in [3.8, 4) is 5.75 Å². The van der Waals surface area contributed by atoms with E-state index in [0.29, 0.717) is 31.1 Å². The van der Waals surface area contributed by atoms with Gasteiger partial charge in [0.05, 0.1) is 24.8 Å². The minimum atomic E-state index is -0.426. The molecule has 2 aromatic rings. The van der Waals surface area contributed by atoms with Gasteiger partial charge in [-0.05, 0) is 55.5 Å². The highest BCUT2D eigenvalue weighted by Crippen LogP contribution is 2.28. The number of piperazine rings is 1. The van der Waals surface area contributed by atoms with Crippen molar-refractivity contribution in [3.05, 3.63) is 54.3 Å². The standard InChI is InChI=1S/C22H24FN3O3/c1-2-29-19-9-7-18(8-10-19)26-21(27)15-20(22(26)28)25-13-11-24(12-14-25)17-5-3-16(23)4-6-17/h3-10,20H,2,11-15H2,1H3/t20-/m1/s1. The fraction of sp³-hybridized carbons (Fsp3) is 0.364. The lowest BCUT2D eigenvalue weighted by Crippen LogP contribution is -2.52. The number of halogens is 1. The molecule has 0 N–H and O–H groups in total. The highest BCUT2D eigenvalue weighted by molar-refractivity contribution is 6.22. The van der Waals surface area contributed by atoms with Crippen LogP contribution in [0.2, 0.25) is 0 Å². The van der Waals surface area contributed by atoms with Crippen molar-refractivity contribution < 1.29 is 18.7 Å². The number of nitrogens with zero attached hydrogens (tertiary/aromatic N) is 3. The Balaban J connectivity index is 1.40. The maximum absolute atomic E-state index is 13.1. The molecule has 2 amide bonds. The molecule has 0 aliphatic carbocycles. The first-order chi connectivity index (χ1) is 14.1. The van der Waals surface area contributed by atoms with Crippen LogP contribution in [0.4, 0.5) is 15.8 Å². The number of carbonyl (C=O) groups excluding carboxylic acids is 2. The van der Waals surface area contributed by atoms with E-state index < -0.39 is 6.04 Å². The van der Waals surface area contributed by atoms with Gasteiger partial charge in [-0.2, -0.15) is 0 Å². The molecule has 2 aliphatic rings. The summed E-state index contributed by atoms with van der Waals surface area (Å²) in [5.41, 5.74) is 1.55. The maximum Gasteiger partial charge on any atom is 0.251 e. The van der Waals surface area contributed by atoms with Crippen molar-refractivity contribution in [1.82, 2.24) is 4.90 Å². The summed E-state index contributed by atoms with van der Waals surface area (Å²) in [6.07, 6.45) is 0.197. The number of ether oxygens (including phenoxy) is 1. The van der Waals surface area contributed by atoms with Gasteiger partial charge in [-0.3, -0.25) is 14.5 Å². The summed E-state index contributed by atoms with van der Waals surface area (Å²) in [4.78, 5) is 31.1. The zero-order valence-corrected chi connectivity index (χ0v) is 16.4. The van der Waals surface area contributed by atoms with Crippen molar-refractivity contribution in [1.29, 1.82) is 0 Å². The number of rotatable bonds is 5. The molecule has 152 valence electrons. The van der Waals surface area contributed by atoms with Crippen molar-refractivity contribution in [2.75, 3.05) is 42.6 Å². The van der Waals surface area contributed by atoms with Crippen LogP contribution in [0.15, 0.2) is 48.5 Å². The molecule has 2 heterocycles. The van der Waals surface area contributed by atoms with E-state index in [-0.39, 0.29) is 24.1 Å². The summed E-state index contributed by atoms with van der Waals surface area (Å²) >= 11 is 0. The van der Waals surface area contributed by atoms with Crippen molar-refractivity contribution in [3.63, 3.8) is 0 Å². The molecule has 2 saturated heterocycles. The van der Waals surface area contributed by atoms with E-state index in [1.165, 1.54) is 17.0 Å². The second-order valence-electron chi connectivity index (χ2n) is 7.21. The molecular formula is C22H24FN3O3. The number of imide groups is 1. The Hall–Kier alpha value is -2.93. The predicted octanol–water partition coefficient (Wildman–Crippen LogP) is 2.68. The fourth-order valence-electron chi connectivity index (χ4n) is 3.97. The lowest BCUT2D eigenvalue weighted by atomic mass is 10.1. The Kier molecular flexibility index (Phi) is 5.49. The Bertz CT molecular complexity index is 877. The molecule has 4 rings (SSSR count). The van der Waals surface area contributed by atoms with Crippen LogP contribution >= 0.6 is 0 Å². The first-order valence-corrected chi connectivity index (χ1v) is 9.91. The van der Waals surface area contributed by atoms with Crippen LogP contribution in [0, 0.1) is 5.82 Å². The molecule has 0 radical (unpaired) electrons. The van der Waals surface area contributed by atoms with Gasteiger partial charge in [-0.25, -0.2) is 9.29 Å². The van der Waals surface area contributed by atoms with E-state index in [2.05, 4.69) is 9.80 Å². The molecule has 2 aliphatic heterocycles. The molecule has 2 fully saturated rings. The molecule has 1 atom stereocenters. The first-order valence-electron chi connectivity index (χ1n) is 9.91. The van der Waals surface area contributed by atoms with E-state index in [0.717, 1.165) is 18.8 Å². The van der Waals surface area contributed by atoms with Gasteiger partial charge in [0, 0.05) is 31.9 Å². The first kappa shape index (κ1) is 19.4. The fourth-order valence-corrected chi connectivity index (χ4v) is 3.97.